The summed E-state index contributed by atoms with van der Waals surface area (Å²) in [5.41, 5.74) is 4.73. The molecule has 1 unspecified atom stereocenters. The van der Waals surface area contributed by atoms with Gasteiger partial charge in [0.1, 0.15) is 0 Å². The van der Waals surface area contributed by atoms with Crippen molar-refractivity contribution in [1.29, 1.82) is 0 Å². The summed E-state index contributed by atoms with van der Waals surface area (Å²) in [5, 5.41) is 4.88. The molecule has 0 aromatic heterocycles. The minimum absolute atomic E-state index is 0.123. The maximum Gasteiger partial charge on any atom is 0.318 e. The zero-order chi connectivity index (χ0) is 9.56. The second kappa shape index (κ2) is 5.54. The van der Waals surface area contributed by atoms with Crippen LogP contribution < -0.4 is 16.4 Å². The summed E-state index contributed by atoms with van der Waals surface area (Å²) in [6.07, 6.45) is 0.934. The van der Waals surface area contributed by atoms with E-state index >= 15 is 0 Å². The third-order valence-corrected chi connectivity index (χ3v) is 1.49. The molecule has 0 rings (SSSR count). The Morgan fingerprint density at radius 1 is 1.50 bits per heavy atom. The van der Waals surface area contributed by atoms with Crippen LogP contribution in [0, 0.1) is 0 Å². The van der Waals surface area contributed by atoms with Gasteiger partial charge in [-0.05, 0) is 13.3 Å². The molecule has 1 atom stereocenters. The summed E-state index contributed by atoms with van der Waals surface area (Å²) >= 11 is 0. The number of hydrogen-bond acceptors (Lipinski definition) is 3. The van der Waals surface area contributed by atoms with Crippen molar-refractivity contribution in [3.8, 4) is 0 Å². The number of imide groups is 1. The van der Waals surface area contributed by atoms with Crippen LogP contribution in [0.3, 0.4) is 0 Å². The number of nitrogens with two attached hydrogens (primary N) is 1. The summed E-state index contributed by atoms with van der Waals surface area (Å²) < 4.78 is 0. The van der Waals surface area contributed by atoms with Crippen molar-refractivity contribution in [2.75, 3.05) is 6.54 Å². The molecule has 0 aromatic rings. The number of carbonyl (C=O) groups is 2. The first kappa shape index (κ1) is 10.9. The standard InChI is InChI=1S/C7H15N3O2/c1-3-5(2)9-4-6(11)10-7(8)12/h5,9H,3-4H2,1-2H3,(H3,8,10,11,12). The van der Waals surface area contributed by atoms with Crippen LogP contribution in [0.2, 0.25) is 0 Å². The molecule has 0 radical (unpaired) electrons. The lowest BCUT2D eigenvalue weighted by Crippen LogP contribution is -2.42. The minimum atomic E-state index is -0.814. The number of urea groups is 1. The van der Waals surface area contributed by atoms with E-state index in [4.69, 9.17) is 5.73 Å². The predicted octanol–water partition coefficient (Wildman–Crippen LogP) is -0.431. The van der Waals surface area contributed by atoms with Crippen LogP contribution in [-0.4, -0.2) is 24.5 Å². The molecule has 4 N–H and O–H groups in total. The van der Waals surface area contributed by atoms with Crippen molar-refractivity contribution in [2.24, 2.45) is 5.73 Å². The lowest BCUT2D eigenvalue weighted by molar-refractivity contribution is -0.119. The predicted molar refractivity (Wildman–Crippen MR) is 45.5 cm³/mol. The summed E-state index contributed by atoms with van der Waals surface area (Å²) in [6.45, 7) is 4.08. The summed E-state index contributed by atoms with van der Waals surface area (Å²) in [7, 11) is 0. The molecule has 5 nitrogen and oxygen atoms in total. The van der Waals surface area contributed by atoms with Crippen LogP contribution in [0.1, 0.15) is 20.3 Å². The molecule has 0 saturated heterocycles. The van der Waals surface area contributed by atoms with Gasteiger partial charge in [0.2, 0.25) is 5.91 Å². The Balaban J connectivity index is 3.50. The molecule has 0 heterocycles. The van der Waals surface area contributed by atoms with Gasteiger partial charge in [0.15, 0.2) is 0 Å². The van der Waals surface area contributed by atoms with Gasteiger partial charge in [0, 0.05) is 6.04 Å². The Hall–Kier alpha value is -1.10. The van der Waals surface area contributed by atoms with Crippen LogP contribution in [-0.2, 0) is 4.79 Å². The normalized spacial score (nSPS) is 12.2. The molecule has 0 aromatic carbocycles. The lowest BCUT2D eigenvalue weighted by Gasteiger charge is -2.09. The largest absolute Gasteiger partial charge is 0.351 e. The van der Waals surface area contributed by atoms with Gasteiger partial charge < -0.3 is 11.1 Å². The second-order valence-electron chi connectivity index (χ2n) is 2.60. The molecule has 12 heavy (non-hydrogen) atoms. The van der Waals surface area contributed by atoms with Crippen LogP contribution in [0.15, 0.2) is 0 Å². The molecule has 0 aliphatic carbocycles. The van der Waals surface area contributed by atoms with Gasteiger partial charge in [-0.2, -0.15) is 0 Å². The molecule has 0 bridgehead atoms. The highest BCUT2D eigenvalue weighted by Gasteiger charge is 2.04. The lowest BCUT2D eigenvalue weighted by atomic mass is 10.2. The highest BCUT2D eigenvalue weighted by atomic mass is 16.2. The monoisotopic (exact) mass is 173 g/mol. The molecule has 0 aliphatic rings. The van der Waals surface area contributed by atoms with Gasteiger partial charge >= 0.3 is 6.03 Å². The Bertz CT molecular complexity index is 170. The van der Waals surface area contributed by atoms with E-state index in [1.807, 2.05) is 19.2 Å². The van der Waals surface area contributed by atoms with Crippen LogP contribution in [0.4, 0.5) is 4.79 Å². The number of nitrogens with one attached hydrogen (secondary N) is 2. The number of rotatable bonds is 4. The maximum atomic E-state index is 10.8. The third-order valence-electron chi connectivity index (χ3n) is 1.49. The van der Waals surface area contributed by atoms with E-state index in [1.165, 1.54) is 0 Å². The molecule has 0 saturated carbocycles. The first-order valence-electron chi connectivity index (χ1n) is 3.89. The molecule has 3 amide bonds. The van der Waals surface area contributed by atoms with Crippen LogP contribution >= 0.6 is 0 Å². The molecular weight excluding hydrogens is 158 g/mol. The maximum absolute atomic E-state index is 10.8. The Labute approximate surface area is 71.7 Å². The van der Waals surface area contributed by atoms with E-state index in [9.17, 15) is 9.59 Å². The Kier molecular flexibility index (Phi) is 5.03. The molecule has 0 aliphatic heterocycles. The number of amides is 3. The first-order valence-corrected chi connectivity index (χ1v) is 3.89. The first-order chi connectivity index (χ1) is 5.56. The number of carbonyl (C=O) groups excluding carboxylic acids is 2. The number of hydrogen-bond donors (Lipinski definition) is 3. The minimum Gasteiger partial charge on any atom is -0.351 e. The topological polar surface area (TPSA) is 84.2 Å². The smallest absolute Gasteiger partial charge is 0.318 e. The highest BCUT2D eigenvalue weighted by molar-refractivity contribution is 5.94. The van der Waals surface area contributed by atoms with E-state index in [0.29, 0.717) is 0 Å². The fraction of sp³-hybridized carbons (Fsp3) is 0.714. The van der Waals surface area contributed by atoms with Crippen LogP contribution in [0.25, 0.3) is 0 Å². The second-order valence-corrected chi connectivity index (χ2v) is 2.60. The van der Waals surface area contributed by atoms with Crippen molar-refractivity contribution < 1.29 is 9.59 Å². The zero-order valence-electron chi connectivity index (χ0n) is 7.39. The van der Waals surface area contributed by atoms with E-state index < -0.39 is 11.9 Å². The fourth-order valence-corrected chi connectivity index (χ4v) is 0.593. The van der Waals surface area contributed by atoms with Crippen molar-refractivity contribution >= 4 is 11.9 Å². The Morgan fingerprint density at radius 3 is 2.50 bits per heavy atom. The van der Waals surface area contributed by atoms with Gasteiger partial charge in [-0.25, -0.2) is 4.79 Å². The zero-order valence-corrected chi connectivity index (χ0v) is 7.39. The summed E-state index contributed by atoms with van der Waals surface area (Å²) in [6, 6.07) is -0.547. The molecule has 0 fully saturated rings. The van der Waals surface area contributed by atoms with Gasteiger partial charge in [-0.1, -0.05) is 6.92 Å². The average molecular weight is 173 g/mol. The number of primary amides is 1. The van der Waals surface area contributed by atoms with Gasteiger partial charge in [0.05, 0.1) is 6.54 Å². The van der Waals surface area contributed by atoms with E-state index in [2.05, 4.69) is 5.32 Å². The quantitative estimate of drug-likeness (QED) is 0.539. The van der Waals surface area contributed by atoms with Gasteiger partial charge in [-0.15, -0.1) is 0 Å². The Morgan fingerprint density at radius 2 is 2.08 bits per heavy atom. The molecular formula is C7H15N3O2. The summed E-state index contributed by atoms with van der Waals surface area (Å²) in [4.78, 5) is 21.0. The van der Waals surface area contributed by atoms with Crippen molar-refractivity contribution in [1.82, 2.24) is 10.6 Å². The molecule has 0 spiro atoms. The average Bonchev–Trinajstić information content (AvgIpc) is 1.99. The van der Waals surface area contributed by atoms with Crippen molar-refractivity contribution in [3.05, 3.63) is 0 Å². The summed E-state index contributed by atoms with van der Waals surface area (Å²) in [5.74, 6) is -0.400. The van der Waals surface area contributed by atoms with Crippen molar-refractivity contribution in [3.63, 3.8) is 0 Å². The van der Waals surface area contributed by atoms with E-state index in [0.717, 1.165) is 6.42 Å². The van der Waals surface area contributed by atoms with Crippen LogP contribution in [0.5, 0.6) is 0 Å². The fourth-order valence-electron chi connectivity index (χ4n) is 0.593. The third kappa shape index (κ3) is 5.67. The van der Waals surface area contributed by atoms with Crippen molar-refractivity contribution in [2.45, 2.75) is 26.3 Å². The highest BCUT2D eigenvalue weighted by Crippen LogP contribution is 1.85. The van der Waals surface area contributed by atoms with Gasteiger partial charge in [-0.3, -0.25) is 10.1 Å². The molecule has 5 heteroatoms. The SMILES string of the molecule is CCC(C)NCC(=O)NC(N)=O. The van der Waals surface area contributed by atoms with E-state index in [1.54, 1.807) is 0 Å². The molecule has 70 valence electrons. The van der Waals surface area contributed by atoms with E-state index in [-0.39, 0.29) is 12.6 Å². The van der Waals surface area contributed by atoms with Gasteiger partial charge in [0.25, 0.3) is 0 Å².